The Labute approximate surface area is 205 Å². The average molecular weight is 487 g/mol. The first kappa shape index (κ1) is 24.2. The molecule has 4 aromatic carbocycles. The number of sulfonamides is 1. The Morgan fingerprint density at radius 2 is 1.29 bits per heavy atom. The molecule has 0 spiro atoms. The molecule has 35 heavy (non-hydrogen) atoms. The van der Waals surface area contributed by atoms with Gasteiger partial charge in [-0.2, -0.15) is 0 Å². The molecular weight excluding hydrogens is 460 g/mol. The molecule has 7 heteroatoms. The second-order valence-corrected chi connectivity index (χ2v) is 9.61. The Hall–Kier alpha value is -3.94. The summed E-state index contributed by atoms with van der Waals surface area (Å²) in [5.41, 5.74) is 3.90. The van der Waals surface area contributed by atoms with E-state index in [0.717, 1.165) is 16.7 Å². The minimum Gasteiger partial charge on any atom is -0.372 e. The van der Waals surface area contributed by atoms with Crippen LogP contribution in [0.25, 0.3) is 0 Å². The Morgan fingerprint density at radius 1 is 0.686 bits per heavy atom. The molecule has 0 aliphatic carbocycles. The van der Waals surface area contributed by atoms with Crippen LogP contribution in [0.3, 0.4) is 0 Å². The predicted molar refractivity (Wildman–Crippen MR) is 136 cm³/mol. The van der Waals surface area contributed by atoms with Gasteiger partial charge in [-0.05, 0) is 53.1 Å². The van der Waals surface area contributed by atoms with Crippen molar-refractivity contribution in [3.8, 4) is 0 Å². The van der Waals surface area contributed by atoms with Crippen molar-refractivity contribution in [1.29, 1.82) is 0 Å². The van der Waals surface area contributed by atoms with Crippen LogP contribution in [0.2, 0.25) is 0 Å². The molecule has 0 saturated carbocycles. The summed E-state index contributed by atoms with van der Waals surface area (Å²) in [6.45, 7) is 1.31. The van der Waals surface area contributed by atoms with Crippen LogP contribution in [-0.2, 0) is 34.5 Å². The van der Waals surface area contributed by atoms with Crippen molar-refractivity contribution in [2.75, 3.05) is 4.72 Å². The van der Waals surface area contributed by atoms with Gasteiger partial charge < -0.3 is 10.1 Å². The predicted octanol–water partition coefficient (Wildman–Crippen LogP) is 5.13. The van der Waals surface area contributed by atoms with Gasteiger partial charge in [-0.15, -0.1) is 0 Å². The van der Waals surface area contributed by atoms with Gasteiger partial charge in [0.1, 0.15) is 0 Å². The molecule has 0 atom stereocenters. The topological polar surface area (TPSA) is 84.5 Å². The fourth-order valence-corrected chi connectivity index (χ4v) is 4.58. The maximum atomic E-state index is 12.7. The van der Waals surface area contributed by atoms with Crippen molar-refractivity contribution in [3.05, 3.63) is 131 Å². The molecule has 1 amide bonds. The molecule has 0 saturated heterocycles. The van der Waals surface area contributed by atoms with E-state index in [9.17, 15) is 13.2 Å². The van der Waals surface area contributed by atoms with Gasteiger partial charge in [-0.3, -0.25) is 9.52 Å². The third-order valence-corrected chi connectivity index (χ3v) is 6.78. The van der Waals surface area contributed by atoms with E-state index in [1.54, 1.807) is 42.5 Å². The molecule has 0 fully saturated rings. The number of carbonyl (C=O) groups excluding carboxylic acids is 1. The highest BCUT2D eigenvalue weighted by Gasteiger charge is 2.14. The van der Waals surface area contributed by atoms with Crippen molar-refractivity contribution in [2.24, 2.45) is 0 Å². The van der Waals surface area contributed by atoms with E-state index in [-0.39, 0.29) is 10.8 Å². The second kappa shape index (κ2) is 11.5. The Balaban J connectivity index is 1.32. The lowest BCUT2D eigenvalue weighted by Crippen LogP contribution is -2.23. The van der Waals surface area contributed by atoms with Crippen LogP contribution in [-0.4, -0.2) is 14.3 Å². The zero-order chi connectivity index (χ0) is 24.5. The van der Waals surface area contributed by atoms with Gasteiger partial charge in [-0.1, -0.05) is 72.8 Å². The summed E-state index contributed by atoms with van der Waals surface area (Å²) in [6.07, 6.45) is 0. The summed E-state index contributed by atoms with van der Waals surface area (Å²) < 4.78 is 33.3. The molecule has 4 aromatic rings. The molecule has 0 aliphatic heterocycles. The smallest absolute Gasteiger partial charge is 0.261 e. The first-order valence-electron chi connectivity index (χ1n) is 11.2. The summed E-state index contributed by atoms with van der Waals surface area (Å²) in [4.78, 5) is 12.8. The monoisotopic (exact) mass is 486 g/mol. The quantitative estimate of drug-likeness (QED) is 0.325. The third-order valence-electron chi connectivity index (χ3n) is 5.38. The zero-order valence-corrected chi connectivity index (χ0v) is 19.9. The van der Waals surface area contributed by atoms with E-state index in [1.807, 2.05) is 54.6 Å². The lowest BCUT2D eigenvalue weighted by molar-refractivity contribution is 0.0947. The summed E-state index contributed by atoms with van der Waals surface area (Å²) in [5.74, 6) is -0.248. The average Bonchev–Trinajstić information content (AvgIpc) is 2.89. The number of hydrogen-bond donors (Lipinski definition) is 2. The molecule has 0 unspecified atom stereocenters. The van der Waals surface area contributed by atoms with Crippen LogP contribution >= 0.6 is 0 Å². The van der Waals surface area contributed by atoms with Crippen molar-refractivity contribution in [3.63, 3.8) is 0 Å². The van der Waals surface area contributed by atoms with Gasteiger partial charge in [0.05, 0.1) is 18.1 Å². The summed E-state index contributed by atoms with van der Waals surface area (Å²) in [7, 11) is -3.69. The first-order valence-corrected chi connectivity index (χ1v) is 12.6. The second-order valence-electron chi connectivity index (χ2n) is 7.93. The highest BCUT2D eigenvalue weighted by molar-refractivity contribution is 7.92. The molecule has 0 aromatic heterocycles. The number of amides is 1. The molecular formula is C28H26N2O4S. The van der Waals surface area contributed by atoms with Gasteiger partial charge in [0.15, 0.2) is 0 Å². The minimum atomic E-state index is -3.69. The molecule has 2 N–H and O–H groups in total. The van der Waals surface area contributed by atoms with E-state index in [2.05, 4.69) is 10.0 Å². The van der Waals surface area contributed by atoms with Crippen LogP contribution in [0.5, 0.6) is 0 Å². The Bertz CT molecular complexity index is 1360. The maximum absolute atomic E-state index is 12.7. The normalized spacial score (nSPS) is 11.1. The first-order chi connectivity index (χ1) is 17.0. The molecule has 0 radical (unpaired) electrons. The fourth-order valence-electron chi connectivity index (χ4n) is 3.50. The molecule has 4 rings (SSSR count). The van der Waals surface area contributed by atoms with Gasteiger partial charge >= 0.3 is 0 Å². The molecule has 0 bridgehead atoms. The van der Waals surface area contributed by atoms with Crippen LogP contribution in [0.15, 0.2) is 114 Å². The van der Waals surface area contributed by atoms with Crippen LogP contribution < -0.4 is 10.0 Å². The number of ether oxygens (including phenoxy) is 1. The standard InChI is InChI=1S/C28H26N2O4S/c31-28(23-15-17-26(18-16-23)30-35(32,33)27-13-5-2-6-14-27)29-19-24-11-7-8-12-25(24)21-34-20-22-9-3-1-4-10-22/h1-18,30H,19-21H2,(H,29,31). The van der Waals surface area contributed by atoms with Gasteiger partial charge in [0.2, 0.25) is 0 Å². The number of anilines is 1. The van der Waals surface area contributed by atoms with Crippen molar-refractivity contribution in [1.82, 2.24) is 5.32 Å². The molecule has 178 valence electrons. The number of carbonyl (C=O) groups is 1. The van der Waals surface area contributed by atoms with E-state index in [0.29, 0.717) is 31.0 Å². The van der Waals surface area contributed by atoms with Crippen LogP contribution in [0.4, 0.5) is 5.69 Å². The Morgan fingerprint density at radius 3 is 1.97 bits per heavy atom. The highest BCUT2D eigenvalue weighted by atomic mass is 32.2. The molecule has 6 nitrogen and oxygen atoms in total. The number of nitrogens with one attached hydrogen (secondary N) is 2. The summed E-state index contributed by atoms with van der Waals surface area (Å²) in [5, 5.41) is 2.92. The van der Waals surface area contributed by atoms with Crippen molar-refractivity contribution < 1.29 is 17.9 Å². The van der Waals surface area contributed by atoms with Crippen molar-refractivity contribution >= 4 is 21.6 Å². The Kier molecular flexibility index (Phi) is 7.92. The SMILES string of the molecule is O=C(NCc1ccccc1COCc1ccccc1)c1ccc(NS(=O)(=O)c2ccccc2)cc1. The van der Waals surface area contributed by atoms with E-state index < -0.39 is 10.0 Å². The number of rotatable bonds is 10. The highest BCUT2D eigenvalue weighted by Crippen LogP contribution is 2.17. The van der Waals surface area contributed by atoms with E-state index >= 15 is 0 Å². The number of benzene rings is 4. The summed E-state index contributed by atoms with van der Waals surface area (Å²) in [6, 6.07) is 32.2. The van der Waals surface area contributed by atoms with Gasteiger partial charge in [-0.25, -0.2) is 8.42 Å². The van der Waals surface area contributed by atoms with Crippen molar-refractivity contribution in [2.45, 2.75) is 24.7 Å². The fraction of sp³-hybridized carbons (Fsp3) is 0.107. The van der Waals surface area contributed by atoms with Gasteiger partial charge in [0, 0.05) is 17.8 Å². The van der Waals surface area contributed by atoms with E-state index in [1.165, 1.54) is 12.1 Å². The molecule has 0 aliphatic rings. The summed E-state index contributed by atoms with van der Waals surface area (Å²) >= 11 is 0. The van der Waals surface area contributed by atoms with Crippen LogP contribution in [0.1, 0.15) is 27.0 Å². The lowest BCUT2D eigenvalue weighted by Gasteiger charge is -2.12. The maximum Gasteiger partial charge on any atom is 0.261 e. The zero-order valence-electron chi connectivity index (χ0n) is 19.1. The van der Waals surface area contributed by atoms with E-state index in [4.69, 9.17) is 4.74 Å². The van der Waals surface area contributed by atoms with Crippen LogP contribution in [0, 0.1) is 0 Å². The van der Waals surface area contributed by atoms with Gasteiger partial charge in [0.25, 0.3) is 15.9 Å². The molecule has 0 heterocycles. The lowest BCUT2D eigenvalue weighted by atomic mass is 10.1. The largest absolute Gasteiger partial charge is 0.372 e. The number of hydrogen-bond acceptors (Lipinski definition) is 4. The third kappa shape index (κ3) is 6.79. The minimum absolute atomic E-state index is 0.174.